The first-order chi connectivity index (χ1) is 17.1. The number of carbonyl (C=O) groups is 1. The Labute approximate surface area is 210 Å². The second-order valence-electron chi connectivity index (χ2n) is 9.61. The molecule has 2 aromatic carbocycles. The number of fused-ring (bicyclic) bond motifs is 1. The first kappa shape index (κ1) is 26.3. The van der Waals surface area contributed by atoms with Crippen LogP contribution < -0.4 is 0 Å². The van der Waals surface area contributed by atoms with Crippen LogP contribution in [0.1, 0.15) is 53.6 Å². The zero-order valence-electron chi connectivity index (χ0n) is 20.0. The third kappa shape index (κ3) is 5.08. The molecule has 1 N–H and O–H groups in total. The number of halogens is 4. The molecule has 194 valence electrons. The van der Waals surface area contributed by atoms with E-state index in [1.54, 1.807) is 12.1 Å². The maximum atomic E-state index is 14.3. The minimum atomic E-state index is -4.74. The number of aromatic carboxylic acids is 1. The maximum Gasteiger partial charge on any atom is 0.433 e. The van der Waals surface area contributed by atoms with Crippen molar-refractivity contribution in [1.82, 2.24) is 8.96 Å². The molecule has 0 aliphatic carbocycles. The summed E-state index contributed by atoms with van der Waals surface area (Å²) in [4.78, 5) is 14.5. The molecule has 0 radical (unpaired) electrons. The molecular formula is C26H22F4N2O4S. The summed E-state index contributed by atoms with van der Waals surface area (Å²) in [5, 5.41) is 9.05. The van der Waals surface area contributed by atoms with Crippen LogP contribution in [0.2, 0.25) is 0 Å². The van der Waals surface area contributed by atoms with Gasteiger partial charge in [0, 0.05) is 17.5 Å². The summed E-state index contributed by atoms with van der Waals surface area (Å²) in [7, 11) is -4.33. The molecule has 0 unspecified atom stereocenters. The largest absolute Gasteiger partial charge is 0.478 e. The lowest BCUT2D eigenvalue weighted by Crippen LogP contribution is -2.18. The van der Waals surface area contributed by atoms with Crippen molar-refractivity contribution in [3.05, 3.63) is 94.7 Å². The molecule has 0 fully saturated rings. The SMILES string of the molecule is CC(C)(C)c1cccc(S(=O)(=O)n2c(Cc3ccc(C(=O)O)c(F)c3)cc3cc(C(F)(F)F)ncc32)c1. The molecule has 0 amide bonds. The Bertz CT molecular complexity index is 1630. The van der Waals surface area contributed by atoms with E-state index in [-0.39, 0.29) is 38.9 Å². The summed E-state index contributed by atoms with van der Waals surface area (Å²) in [5.41, 5.74) is -1.18. The molecule has 2 aromatic heterocycles. The topological polar surface area (TPSA) is 89.3 Å². The number of pyridine rings is 1. The summed E-state index contributed by atoms with van der Waals surface area (Å²) < 4.78 is 82.8. The van der Waals surface area contributed by atoms with Gasteiger partial charge in [-0.1, -0.05) is 39.0 Å². The zero-order valence-corrected chi connectivity index (χ0v) is 20.8. The van der Waals surface area contributed by atoms with E-state index in [4.69, 9.17) is 5.11 Å². The van der Waals surface area contributed by atoms with Gasteiger partial charge in [0.25, 0.3) is 10.0 Å². The second kappa shape index (κ2) is 8.98. The van der Waals surface area contributed by atoms with Crippen LogP contribution in [0.25, 0.3) is 10.9 Å². The monoisotopic (exact) mass is 534 g/mol. The average molecular weight is 535 g/mol. The number of carboxylic acid groups (broad SMARTS) is 1. The van der Waals surface area contributed by atoms with Crippen LogP contribution in [0.4, 0.5) is 17.6 Å². The van der Waals surface area contributed by atoms with Gasteiger partial charge < -0.3 is 5.11 Å². The van der Waals surface area contributed by atoms with E-state index in [1.165, 1.54) is 24.3 Å². The zero-order chi connectivity index (χ0) is 27.3. The van der Waals surface area contributed by atoms with Gasteiger partial charge in [0.15, 0.2) is 0 Å². The summed E-state index contributed by atoms with van der Waals surface area (Å²) >= 11 is 0. The standard InChI is InChI=1S/C26H22F4N2O4S/c1-25(2,3)17-5-4-6-19(13-17)37(35,36)32-18(9-15-7-8-20(24(33)34)21(27)10-15)11-16-12-23(26(28,29)30)31-14-22(16)32/h4-8,10-14H,9H2,1-3H3,(H,33,34). The quantitative estimate of drug-likeness (QED) is 0.317. The van der Waals surface area contributed by atoms with Gasteiger partial charge >= 0.3 is 12.1 Å². The predicted octanol–water partition coefficient (Wildman–Crippen LogP) is 6.02. The van der Waals surface area contributed by atoms with Gasteiger partial charge in [0.05, 0.1) is 22.2 Å². The molecule has 6 nitrogen and oxygen atoms in total. The number of rotatable bonds is 5. The Hall–Kier alpha value is -3.73. The van der Waals surface area contributed by atoms with Gasteiger partial charge in [-0.05, 0) is 52.9 Å². The van der Waals surface area contributed by atoms with E-state index in [2.05, 4.69) is 4.98 Å². The Morgan fingerprint density at radius 3 is 2.32 bits per heavy atom. The molecular weight excluding hydrogens is 512 g/mol. The van der Waals surface area contributed by atoms with Gasteiger partial charge in [0.2, 0.25) is 0 Å². The van der Waals surface area contributed by atoms with E-state index >= 15 is 0 Å². The fourth-order valence-electron chi connectivity index (χ4n) is 3.98. The summed E-state index contributed by atoms with van der Waals surface area (Å²) in [6.45, 7) is 5.73. The lowest BCUT2D eigenvalue weighted by Gasteiger charge is -2.20. The van der Waals surface area contributed by atoms with Crippen LogP contribution in [0, 0.1) is 5.82 Å². The highest BCUT2D eigenvalue weighted by Gasteiger charge is 2.34. The number of alkyl halides is 3. The van der Waals surface area contributed by atoms with Crippen molar-refractivity contribution >= 4 is 26.9 Å². The maximum absolute atomic E-state index is 14.3. The molecule has 4 aromatic rings. The summed E-state index contributed by atoms with van der Waals surface area (Å²) in [6, 6.07) is 11.6. The third-order valence-electron chi connectivity index (χ3n) is 5.89. The van der Waals surface area contributed by atoms with Crippen molar-refractivity contribution in [2.45, 2.75) is 43.7 Å². The van der Waals surface area contributed by atoms with Gasteiger partial charge in [0.1, 0.15) is 11.5 Å². The minimum absolute atomic E-state index is 0.0181. The van der Waals surface area contributed by atoms with Crippen molar-refractivity contribution in [2.24, 2.45) is 0 Å². The molecule has 0 atom stereocenters. The van der Waals surface area contributed by atoms with Crippen molar-refractivity contribution in [3.63, 3.8) is 0 Å². The molecule has 0 aliphatic heterocycles. The molecule has 0 aliphatic rings. The smallest absolute Gasteiger partial charge is 0.433 e. The Kier molecular flexibility index (Phi) is 6.39. The minimum Gasteiger partial charge on any atom is -0.478 e. The second-order valence-corrected chi connectivity index (χ2v) is 11.4. The summed E-state index contributed by atoms with van der Waals surface area (Å²) in [6.07, 6.45) is -4.10. The Morgan fingerprint density at radius 2 is 1.73 bits per heavy atom. The van der Waals surface area contributed by atoms with Crippen molar-refractivity contribution < 1.29 is 35.9 Å². The van der Waals surface area contributed by atoms with Crippen molar-refractivity contribution in [2.75, 3.05) is 0 Å². The van der Waals surface area contributed by atoms with E-state index in [1.807, 2.05) is 20.8 Å². The van der Waals surface area contributed by atoms with Crippen molar-refractivity contribution in [1.29, 1.82) is 0 Å². The van der Waals surface area contributed by atoms with Crippen LogP contribution in [-0.4, -0.2) is 28.5 Å². The molecule has 11 heteroatoms. The molecule has 2 heterocycles. The van der Waals surface area contributed by atoms with Gasteiger partial charge in [-0.2, -0.15) is 13.2 Å². The number of nitrogens with zero attached hydrogens (tertiary/aromatic N) is 2. The number of carboxylic acids is 1. The molecule has 0 saturated heterocycles. The van der Waals surface area contributed by atoms with Crippen LogP contribution in [-0.2, 0) is 28.0 Å². The fraction of sp³-hybridized carbons (Fsp3) is 0.231. The Morgan fingerprint density at radius 1 is 1.03 bits per heavy atom. The molecule has 0 saturated carbocycles. The molecule has 4 rings (SSSR count). The lowest BCUT2D eigenvalue weighted by atomic mass is 9.87. The number of hydrogen-bond acceptors (Lipinski definition) is 4. The van der Waals surface area contributed by atoms with E-state index in [9.17, 15) is 30.8 Å². The predicted molar refractivity (Wildman–Crippen MR) is 129 cm³/mol. The fourth-order valence-corrected chi connectivity index (χ4v) is 5.56. The van der Waals surface area contributed by atoms with Gasteiger partial charge in [-0.25, -0.2) is 26.6 Å². The van der Waals surface area contributed by atoms with Crippen LogP contribution in [0.3, 0.4) is 0 Å². The highest BCUT2D eigenvalue weighted by molar-refractivity contribution is 7.90. The van der Waals surface area contributed by atoms with E-state index in [0.29, 0.717) is 0 Å². The van der Waals surface area contributed by atoms with Gasteiger partial charge in [-0.3, -0.25) is 0 Å². The number of benzene rings is 2. The summed E-state index contributed by atoms with van der Waals surface area (Å²) in [5.74, 6) is -2.49. The van der Waals surface area contributed by atoms with Crippen LogP contribution in [0.5, 0.6) is 0 Å². The first-order valence-corrected chi connectivity index (χ1v) is 12.5. The average Bonchev–Trinajstić information content (AvgIpc) is 3.15. The molecule has 0 spiro atoms. The Balaban J connectivity index is 1.93. The highest BCUT2D eigenvalue weighted by atomic mass is 32.2. The molecule has 37 heavy (non-hydrogen) atoms. The van der Waals surface area contributed by atoms with Crippen LogP contribution in [0.15, 0.2) is 65.7 Å². The lowest BCUT2D eigenvalue weighted by molar-refractivity contribution is -0.141. The van der Waals surface area contributed by atoms with Crippen LogP contribution >= 0.6 is 0 Å². The third-order valence-corrected chi connectivity index (χ3v) is 7.66. The van der Waals surface area contributed by atoms with Crippen molar-refractivity contribution in [3.8, 4) is 0 Å². The first-order valence-electron chi connectivity index (χ1n) is 11.0. The van der Waals surface area contributed by atoms with Gasteiger partial charge in [-0.15, -0.1) is 0 Å². The van der Waals surface area contributed by atoms with E-state index in [0.717, 1.165) is 33.9 Å². The normalized spacial score (nSPS) is 12.7. The van der Waals surface area contributed by atoms with E-state index < -0.39 is 39.2 Å². The number of aromatic nitrogens is 2. The number of hydrogen-bond donors (Lipinski definition) is 1. The highest BCUT2D eigenvalue weighted by Crippen LogP contribution is 2.33. The molecule has 0 bridgehead atoms.